The molecular weight excluding hydrogens is 329 g/mol. The first-order valence-corrected chi connectivity index (χ1v) is 6.49. The molecule has 17 heavy (non-hydrogen) atoms. The maximum absolute atomic E-state index is 11.6. The fourth-order valence-electron chi connectivity index (χ4n) is 1.92. The van der Waals surface area contributed by atoms with Crippen LogP contribution in [-0.4, -0.2) is 19.1 Å². The molecule has 1 atom stereocenters. The molecule has 1 aromatic carbocycles. The van der Waals surface area contributed by atoms with Gasteiger partial charge in [0.15, 0.2) is 0 Å². The zero-order chi connectivity index (χ0) is 12.4. The lowest BCUT2D eigenvalue weighted by Crippen LogP contribution is -2.51. The summed E-state index contributed by atoms with van der Waals surface area (Å²) in [6, 6.07) is 7.78. The molecule has 0 bridgehead atoms. The Hall–Kier alpha value is -1.04. The molecule has 0 radical (unpaired) electrons. The third-order valence-corrected chi connectivity index (χ3v) is 3.12. The lowest BCUT2D eigenvalue weighted by molar-refractivity contribution is -0.123. The van der Waals surface area contributed by atoms with E-state index >= 15 is 0 Å². The number of benzene rings is 1. The smallest absolute Gasteiger partial charge is 0.229 e. The van der Waals surface area contributed by atoms with E-state index in [9.17, 15) is 4.79 Å². The third kappa shape index (κ3) is 2.62. The van der Waals surface area contributed by atoms with Crippen LogP contribution in [0.5, 0.6) is 5.75 Å². The number of hydrogen-bond donors (Lipinski definition) is 0. The van der Waals surface area contributed by atoms with Gasteiger partial charge in [0.2, 0.25) is 5.91 Å². The Labute approximate surface area is 115 Å². The molecule has 0 unspecified atom stereocenters. The standard InChI is InChI=1S/C13H14INO2/c1-9(14)7-11-8-13(16)15(11)10-3-5-12(17-2)6-4-10/h3-7,11H,8H2,1-2H3/b9-7+/t11-/m1/s1. The Morgan fingerprint density at radius 3 is 2.59 bits per heavy atom. The second-order valence-electron chi connectivity index (χ2n) is 3.99. The van der Waals surface area contributed by atoms with Crippen LogP contribution in [0.3, 0.4) is 0 Å². The molecule has 90 valence electrons. The third-order valence-electron chi connectivity index (χ3n) is 2.76. The second-order valence-corrected chi connectivity index (χ2v) is 5.69. The molecule has 1 aromatic rings. The zero-order valence-corrected chi connectivity index (χ0v) is 12.0. The van der Waals surface area contributed by atoms with E-state index in [1.807, 2.05) is 36.1 Å². The van der Waals surface area contributed by atoms with E-state index in [-0.39, 0.29) is 11.9 Å². The summed E-state index contributed by atoms with van der Waals surface area (Å²) in [5.74, 6) is 0.980. The van der Waals surface area contributed by atoms with Gasteiger partial charge in [-0.1, -0.05) is 6.08 Å². The Bertz CT molecular complexity index is 449. The molecule has 1 aliphatic rings. The highest BCUT2D eigenvalue weighted by atomic mass is 127. The number of halogens is 1. The van der Waals surface area contributed by atoms with E-state index in [4.69, 9.17) is 4.74 Å². The van der Waals surface area contributed by atoms with Crippen LogP contribution in [0, 0.1) is 0 Å². The van der Waals surface area contributed by atoms with Crippen molar-refractivity contribution in [2.45, 2.75) is 19.4 Å². The van der Waals surface area contributed by atoms with Crippen LogP contribution in [0.25, 0.3) is 0 Å². The highest BCUT2D eigenvalue weighted by Gasteiger charge is 2.35. The van der Waals surface area contributed by atoms with Crippen LogP contribution in [0.2, 0.25) is 0 Å². The van der Waals surface area contributed by atoms with Crippen LogP contribution >= 0.6 is 22.6 Å². The van der Waals surface area contributed by atoms with Crippen molar-refractivity contribution >= 4 is 34.2 Å². The number of rotatable bonds is 3. The Kier molecular flexibility index (Phi) is 3.71. The Morgan fingerprint density at radius 2 is 2.12 bits per heavy atom. The van der Waals surface area contributed by atoms with Gasteiger partial charge in [-0.2, -0.15) is 0 Å². The minimum absolute atomic E-state index is 0.175. The van der Waals surface area contributed by atoms with Gasteiger partial charge >= 0.3 is 0 Å². The highest BCUT2D eigenvalue weighted by Crippen LogP contribution is 2.31. The van der Waals surface area contributed by atoms with Crippen molar-refractivity contribution < 1.29 is 9.53 Å². The topological polar surface area (TPSA) is 29.5 Å². The first-order chi connectivity index (χ1) is 8.11. The summed E-state index contributed by atoms with van der Waals surface area (Å²) in [7, 11) is 1.63. The fourth-order valence-corrected chi connectivity index (χ4v) is 2.33. The molecule has 0 aromatic heterocycles. The predicted octanol–water partition coefficient (Wildman–Crippen LogP) is 3.14. The van der Waals surface area contributed by atoms with Gasteiger partial charge in [-0.3, -0.25) is 4.79 Å². The lowest BCUT2D eigenvalue weighted by atomic mass is 10.00. The average molecular weight is 343 g/mol. The van der Waals surface area contributed by atoms with Gasteiger partial charge in [0, 0.05) is 5.69 Å². The SMILES string of the molecule is COc1ccc(N2C(=O)C[C@H]2/C=C(\C)I)cc1. The number of carbonyl (C=O) groups is 1. The molecule has 1 heterocycles. The number of amides is 1. The molecule has 2 rings (SSSR count). The number of allylic oxidation sites excluding steroid dienone is 1. The molecule has 0 N–H and O–H groups in total. The molecule has 1 fully saturated rings. The van der Waals surface area contributed by atoms with E-state index in [1.54, 1.807) is 7.11 Å². The molecule has 3 nitrogen and oxygen atoms in total. The van der Waals surface area contributed by atoms with Crippen molar-refractivity contribution in [1.29, 1.82) is 0 Å². The van der Waals surface area contributed by atoms with E-state index in [0.717, 1.165) is 11.4 Å². The summed E-state index contributed by atoms with van der Waals surface area (Å²) in [6.07, 6.45) is 2.72. The number of nitrogens with zero attached hydrogens (tertiary/aromatic N) is 1. The molecule has 1 aliphatic heterocycles. The van der Waals surface area contributed by atoms with Crippen LogP contribution < -0.4 is 9.64 Å². The summed E-state index contributed by atoms with van der Waals surface area (Å²) in [5, 5.41) is 0. The number of methoxy groups -OCH3 is 1. The first-order valence-electron chi connectivity index (χ1n) is 5.42. The number of carbonyl (C=O) groups excluding carboxylic acids is 1. The van der Waals surface area contributed by atoms with Gasteiger partial charge in [0.25, 0.3) is 0 Å². The Morgan fingerprint density at radius 1 is 1.47 bits per heavy atom. The molecule has 0 saturated carbocycles. The maximum Gasteiger partial charge on any atom is 0.229 e. The van der Waals surface area contributed by atoms with Gasteiger partial charge in [0.1, 0.15) is 5.75 Å². The molecule has 1 saturated heterocycles. The van der Waals surface area contributed by atoms with Gasteiger partial charge in [0.05, 0.1) is 19.6 Å². The van der Waals surface area contributed by atoms with Crippen molar-refractivity contribution in [2.75, 3.05) is 12.0 Å². The van der Waals surface area contributed by atoms with Crippen molar-refractivity contribution in [3.63, 3.8) is 0 Å². The Balaban J connectivity index is 2.19. The first kappa shape index (κ1) is 12.4. The monoisotopic (exact) mass is 343 g/mol. The molecule has 1 amide bonds. The summed E-state index contributed by atoms with van der Waals surface area (Å²) >= 11 is 2.27. The normalized spacial score (nSPS) is 20.2. The van der Waals surface area contributed by atoms with E-state index in [2.05, 4.69) is 28.7 Å². The van der Waals surface area contributed by atoms with Gasteiger partial charge in [-0.15, -0.1) is 0 Å². The quantitative estimate of drug-likeness (QED) is 0.623. The second kappa shape index (κ2) is 5.08. The summed E-state index contributed by atoms with van der Waals surface area (Å²) < 4.78 is 6.31. The molecule has 0 spiro atoms. The number of β-lactam (4-membered cyclic amide) rings is 1. The van der Waals surface area contributed by atoms with Crippen molar-refractivity contribution in [1.82, 2.24) is 0 Å². The lowest BCUT2D eigenvalue weighted by Gasteiger charge is -2.39. The van der Waals surface area contributed by atoms with Crippen LogP contribution in [0.4, 0.5) is 5.69 Å². The number of hydrogen-bond acceptors (Lipinski definition) is 2. The summed E-state index contributed by atoms with van der Waals surface area (Å²) in [4.78, 5) is 13.5. The van der Waals surface area contributed by atoms with E-state index < -0.39 is 0 Å². The van der Waals surface area contributed by atoms with Crippen LogP contribution in [-0.2, 0) is 4.79 Å². The van der Waals surface area contributed by atoms with Gasteiger partial charge in [-0.25, -0.2) is 0 Å². The zero-order valence-electron chi connectivity index (χ0n) is 9.81. The van der Waals surface area contributed by atoms with E-state index in [1.165, 1.54) is 3.58 Å². The predicted molar refractivity (Wildman–Crippen MR) is 76.7 cm³/mol. The minimum Gasteiger partial charge on any atom is -0.497 e. The van der Waals surface area contributed by atoms with Crippen LogP contribution in [0.1, 0.15) is 13.3 Å². The largest absolute Gasteiger partial charge is 0.497 e. The summed E-state index contributed by atoms with van der Waals surface area (Å²) in [5.41, 5.74) is 0.931. The number of ether oxygens (including phenoxy) is 1. The number of anilines is 1. The van der Waals surface area contributed by atoms with Crippen molar-refractivity contribution in [2.24, 2.45) is 0 Å². The fraction of sp³-hybridized carbons (Fsp3) is 0.308. The summed E-state index contributed by atoms with van der Waals surface area (Å²) in [6.45, 7) is 2.04. The average Bonchev–Trinajstić information content (AvgIpc) is 2.28. The van der Waals surface area contributed by atoms with Gasteiger partial charge < -0.3 is 9.64 Å². The molecule has 4 heteroatoms. The molecule has 0 aliphatic carbocycles. The van der Waals surface area contributed by atoms with Gasteiger partial charge in [-0.05, 0) is 57.4 Å². The highest BCUT2D eigenvalue weighted by molar-refractivity contribution is 14.1. The van der Waals surface area contributed by atoms with Crippen molar-refractivity contribution in [3.05, 3.63) is 33.9 Å². The van der Waals surface area contributed by atoms with Crippen LogP contribution in [0.15, 0.2) is 33.9 Å². The van der Waals surface area contributed by atoms with E-state index in [0.29, 0.717) is 6.42 Å². The maximum atomic E-state index is 11.6. The minimum atomic E-state index is 0.175. The molecular formula is C13H14INO2. The van der Waals surface area contributed by atoms with Crippen molar-refractivity contribution in [3.8, 4) is 5.75 Å².